The summed E-state index contributed by atoms with van der Waals surface area (Å²) in [6, 6.07) is -2.19. The molecule has 0 aliphatic rings. The van der Waals surface area contributed by atoms with E-state index in [9.17, 15) is 18.4 Å². The number of methoxy groups -OCH3 is 1. The standard InChI is InChI=1S/C10H18F2N2O5/c1-19-5-2-7(9(16)17)13-10(18)14(3-4-15)6-8(11)12/h7-8,15H,2-6H2,1H3,(H,13,18)(H,16,17). The van der Waals surface area contributed by atoms with Gasteiger partial charge in [-0.15, -0.1) is 0 Å². The lowest BCUT2D eigenvalue weighted by molar-refractivity contribution is -0.139. The van der Waals surface area contributed by atoms with Crippen molar-refractivity contribution in [1.29, 1.82) is 0 Å². The maximum absolute atomic E-state index is 12.2. The van der Waals surface area contributed by atoms with Gasteiger partial charge in [0.05, 0.1) is 13.2 Å². The summed E-state index contributed by atoms with van der Waals surface area (Å²) in [7, 11) is 1.37. The number of alkyl halides is 2. The summed E-state index contributed by atoms with van der Waals surface area (Å²) < 4.78 is 29.1. The first-order valence-electron chi connectivity index (χ1n) is 5.58. The first kappa shape index (κ1) is 17.5. The highest BCUT2D eigenvalue weighted by Crippen LogP contribution is 2.01. The number of rotatable bonds is 9. The number of carbonyl (C=O) groups excluding carboxylic acids is 1. The van der Waals surface area contributed by atoms with Gasteiger partial charge in [-0.2, -0.15) is 0 Å². The smallest absolute Gasteiger partial charge is 0.326 e. The molecule has 7 nitrogen and oxygen atoms in total. The van der Waals surface area contributed by atoms with Gasteiger partial charge in [0.25, 0.3) is 6.43 Å². The van der Waals surface area contributed by atoms with E-state index in [0.29, 0.717) is 4.90 Å². The van der Waals surface area contributed by atoms with Gasteiger partial charge in [0.1, 0.15) is 6.04 Å². The molecule has 1 unspecified atom stereocenters. The third-order valence-electron chi connectivity index (χ3n) is 2.22. The molecule has 0 bridgehead atoms. The van der Waals surface area contributed by atoms with Crippen LogP contribution in [0.5, 0.6) is 0 Å². The van der Waals surface area contributed by atoms with Crippen LogP contribution in [0.25, 0.3) is 0 Å². The SMILES string of the molecule is COCCC(NC(=O)N(CCO)CC(F)F)C(=O)O. The van der Waals surface area contributed by atoms with E-state index in [2.05, 4.69) is 10.1 Å². The van der Waals surface area contributed by atoms with E-state index in [1.54, 1.807) is 0 Å². The van der Waals surface area contributed by atoms with Crippen molar-refractivity contribution in [1.82, 2.24) is 10.2 Å². The Balaban J connectivity index is 4.51. The second-order valence-electron chi connectivity index (χ2n) is 3.68. The van der Waals surface area contributed by atoms with Gasteiger partial charge in [-0.25, -0.2) is 18.4 Å². The monoisotopic (exact) mass is 284 g/mol. The first-order valence-corrected chi connectivity index (χ1v) is 5.58. The van der Waals surface area contributed by atoms with Crippen LogP contribution in [0.2, 0.25) is 0 Å². The van der Waals surface area contributed by atoms with Crippen LogP contribution in [-0.4, -0.2) is 73.0 Å². The summed E-state index contributed by atoms with van der Waals surface area (Å²) in [4.78, 5) is 23.1. The van der Waals surface area contributed by atoms with Crippen molar-refractivity contribution in [3.63, 3.8) is 0 Å². The van der Waals surface area contributed by atoms with Gasteiger partial charge in [-0.05, 0) is 0 Å². The third kappa shape index (κ3) is 7.52. The molecule has 0 heterocycles. The van der Waals surface area contributed by atoms with E-state index in [4.69, 9.17) is 10.2 Å². The van der Waals surface area contributed by atoms with Crippen LogP contribution in [0, 0.1) is 0 Å². The van der Waals surface area contributed by atoms with Crippen LogP contribution in [0.1, 0.15) is 6.42 Å². The highest BCUT2D eigenvalue weighted by molar-refractivity contribution is 5.82. The number of nitrogens with one attached hydrogen (secondary N) is 1. The molecule has 0 aliphatic heterocycles. The number of urea groups is 1. The Kier molecular flexibility index (Phi) is 8.71. The number of ether oxygens (including phenoxy) is 1. The first-order chi connectivity index (χ1) is 8.92. The van der Waals surface area contributed by atoms with Crippen molar-refractivity contribution in [3.05, 3.63) is 0 Å². The molecular formula is C10H18F2N2O5. The second-order valence-corrected chi connectivity index (χ2v) is 3.68. The van der Waals surface area contributed by atoms with Gasteiger partial charge in [-0.3, -0.25) is 0 Å². The fourth-order valence-corrected chi connectivity index (χ4v) is 1.30. The predicted octanol–water partition coefficient (Wildman–Crippen LogP) is -0.255. The number of nitrogens with zero attached hydrogens (tertiary/aromatic N) is 1. The Morgan fingerprint density at radius 3 is 2.47 bits per heavy atom. The molecule has 0 fully saturated rings. The van der Waals surface area contributed by atoms with Crippen LogP contribution in [0.3, 0.4) is 0 Å². The van der Waals surface area contributed by atoms with Crippen LogP contribution in [-0.2, 0) is 9.53 Å². The van der Waals surface area contributed by atoms with E-state index in [-0.39, 0.29) is 19.6 Å². The molecule has 0 radical (unpaired) electrons. The zero-order valence-corrected chi connectivity index (χ0v) is 10.5. The number of hydrogen-bond acceptors (Lipinski definition) is 4. The maximum atomic E-state index is 12.2. The average Bonchev–Trinajstić information content (AvgIpc) is 2.32. The van der Waals surface area contributed by atoms with Crippen molar-refractivity contribution in [2.45, 2.75) is 18.9 Å². The van der Waals surface area contributed by atoms with Crippen LogP contribution in [0.15, 0.2) is 0 Å². The summed E-state index contributed by atoms with van der Waals surface area (Å²) in [5.41, 5.74) is 0. The summed E-state index contributed by atoms with van der Waals surface area (Å²) in [6.45, 7) is -1.56. The molecule has 1 atom stereocenters. The van der Waals surface area contributed by atoms with Gasteiger partial charge in [0.2, 0.25) is 0 Å². The van der Waals surface area contributed by atoms with Gasteiger partial charge < -0.3 is 25.2 Å². The third-order valence-corrected chi connectivity index (χ3v) is 2.22. The molecule has 0 saturated heterocycles. The summed E-state index contributed by atoms with van der Waals surface area (Å²) in [5, 5.41) is 19.6. The molecule has 112 valence electrons. The number of halogens is 2. The Bertz CT molecular complexity index is 291. The van der Waals surface area contributed by atoms with Gasteiger partial charge >= 0.3 is 12.0 Å². The quantitative estimate of drug-likeness (QED) is 0.542. The van der Waals surface area contributed by atoms with E-state index < -0.39 is 37.6 Å². The lowest BCUT2D eigenvalue weighted by Gasteiger charge is -2.24. The fourth-order valence-electron chi connectivity index (χ4n) is 1.30. The Labute approximate surface area is 109 Å². The number of carboxylic acid groups (broad SMARTS) is 1. The maximum Gasteiger partial charge on any atom is 0.326 e. The molecule has 19 heavy (non-hydrogen) atoms. The van der Waals surface area contributed by atoms with E-state index in [0.717, 1.165) is 0 Å². The number of hydrogen-bond donors (Lipinski definition) is 3. The van der Waals surface area contributed by atoms with Gasteiger partial charge in [0, 0.05) is 26.7 Å². The number of aliphatic carboxylic acids is 1. The van der Waals surface area contributed by atoms with Crippen molar-refractivity contribution >= 4 is 12.0 Å². The molecule has 2 amide bonds. The molecule has 3 N–H and O–H groups in total. The number of aliphatic hydroxyl groups excluding tert-OH is 1. The number of carbonyl (C=O) groups is 2. The minimum Gasteiger partial charge on any atom is -0.480 e. The summed E-state index contributed by atoms with van der Waals surface area (Å²) >= 11 is 0. The van der Waals surface area contributed by atoms with Crippen molar-refractivity contribution < 1.29 is 33.3 Å². The molecule has 9 heteroatoms. The normalized spacial score (nSPS) is 12.3. The van der Waals surface area contributed by atoms with E-state index in [1.807, 2.05) is 0 Å². The molecule has 0 aliphatic carbocycles. The van der Waals surface area contributed by atoms with E-state index >= 15 is 0 Å². The second kappa shape index (κ2) is 9.45. The molecule has 0 saturated carbocycles. The molecule has 0 aromatic carbocycles. The number of aliphatic hydroxyl groups is 1. The fraction of sp³-hybridized carbons (Fsp3) is 0.800. The molecule has 0 spiro atoms. The Morgan fingerprint density at radius 1 is 1.42 bits per heavy atom. The average molecular weight is 284 g/mol. The topological polar surface area (TPSA) is 99.1 Å². The highest BCUT2D eigenvalue weighted by Gasteiger charge is 2.24. The molecular weight excluding hydrogens is 266 g/mol. The van der Waals surface area contributed by atoms with Crippen molar-refractivity contribution in [2.75, 3.05) is 33.4 Å². The minimum atomic E-state index is -2.76. The molecule has 0 rings (SSSR count). The zero-order chi connectivity index (χ0) is 14.8. The Morgan fingerprint density at radius 2 is 2.05 bits per heavy atom. The summed E-state index contributed by atoms with van der Waals surface area (Å²) in [5.74, 6) is -1.29. The number of carboxylic acids is 1. The van der Waals surface area contributed by atoms with Crippen LogP contribution < -0.4 is 5.32 Å². The predicted molar refractivity (Wildman–Crippen MR) is 61.1 cm³/mol. The minimum absolute atomic E-state index is 0.0131. The lowest BCUT2D eigenvalue weighted by Crippen LogP contribution is -2.50. The molecule has 0 aromatic heterocycles. The van der Waals surface area contributed by atoms with E-state index in [1.165, 1.54) is 7.11 Å². The number of amides is 2. The van der Waals surface area contributed by atoms with Crippen LogP contribution >= 0.6 is 0 Å². The zero-order valence-electron chi connectivity index (χ0n) is 10.5. The lowest BCUT2D eigenvalue weighted by atomic mass is 10.2. The summed E-state index contributed by atoms with van der Waals surface area (Å²) in [6.07, 6.45) is -2.75. The van der Waals surface area contributed by atoms with Gasteiger partial charge in [0.15, 0.2) is 0 Å². The largest absolute Gasteiger partial charge is 0.480 e. The van der Waals surface area contributed by atoms with Crippen molar-refractivity contribution in [3.8, 4) is 0 Å². The highest BCUT2D eigenvalue weighted by atomic mass is 19.3. The van der Waals surface area contributed by atoms with Crippen molar-refractivity contribution in [2.24, 2.45) is 0 Å². The van der Waals surface area contributed by atoms with Crippen LogP contribution in [0.4, 0.5) is 13.6 Å². The molecule has 0 aromatic rings. The Hall–Kier alpha value is -1.48. The van der Waals surface area contributed by atoms with Gasteiger partial charge in [-0.1, -0.05) is 0 Å².